The molecule has 1 aromatic carbocycles. The van der Waals surface area contributed by atoms with Crippen molar-refractivity contribution >= 4 is 17.5 Å². The van der Waals surface area contributed by atoms with Gasteiger partial charge in [0.15, 0.2) is 0 Å². The lowest BCUT2D eigenvalue weighted by Gasteiger charge is -2.27. The van der Waals surface area contributed by atoms with Crippen molar-refractivity contribution in [2.45, 2.75) is 27.2 Å². The summed E-state index contributed by atoms with van der Waals surface area (Å²) in [4.78, 5) is 28.2. The summed E-state index contributed by atoms with van der Waals surface area (Å²) in [6.45, 7) is 10.7. The number of nitrogens with zero attached hydrogens (tertiary/aromatic N) is 2. The molecule has 0 bridgehead atoms. The highest BCUT2D eigenvalue weighted by Crippen LogP contribution is 2.24. The molecule has 138 valence electrons. The largest absolute Gasteiger partial charge is 0.379 e. The van der Waals surface area contributed by atoms with Gasteiger partial charge in [-0.3, -0.25) is 14.5 Å². The lowest BCUT2D eigenvalue weighted by Crippen LogP contribution is -2.42. The Morgan fingerprint density at radius 2 is 1.84 bits per heavy atom. The van der Waals surface area contributed by atoms with Crippen molar-refractivity contribution in [1.29, 1.82) is 0 Å². The van der Waals surface area contributed by atoms with Gasteiger partial charge in [0.05, 0.1) is 13.2 Å². The Balaban J connectivity index is 1.82. The van der Waals surface area contributed by atoms with Gasteiger partial charge in [-0.1, -0.05) is 18.2 Å². The molecule has 1 N–H and O–H groups in total. The second-order valence-electron chi connectivity index (χ2n) is 6.47. The molecular weight excluding hydrogens is 318 g/mol. The number of rotatable bonds is 7. The van der Waals surface area contributed by atoms with Gasteiger partial charge in [-0.05, 0) is 25.0 Å². The molecule has 25 heavy (non-hydrogen) atoms. The van der Waals surface area contributed by atoms with Crippen LogP contribution in [0.15, 0.2) is 18.2 Å². The van der Waals surface area contributed by atoms with E-state index in [2.05, 4.69) is 10.2 Å². The van der Waals surface area contributed by atoms with E-state index in [0.717, 1.165) is 49.7 Å². The van der Waals surface area contributed by atoms with Crippen LogP contribution in [0.1, 0.15) is 24.5 Å². The highest BCUT2D eigenvalue weighted by Gasteiger charge is 2.17. The normalized spacial score (nSPS) is 15.0. The van der Waals surface area contributed by atoms with Gasteiger partial charge in [0.1, 0.15) is 0 Å². The van der Waals surface area contributed by atoms with Gasteiger partial charge < -0.3 is 15.0 Å². The lowest BCUT2D eigenvalue weighted by molar-refractivity contribution is -0.121. The second-order valence-corrected chi connectivity index (χ2v) is 6.47. The van der Waals surface area contributed by atoms with Crippen molar-refractivity contribution in [2.75, 3.05) is 50.8 Å². The minimum atomic E-state index is -0.0430. The topological polar surface area (TPSA) is 61.9 Å². The van der Waals surface area contributed by atoms with Crippen LogP contribution in [0.4, 0.5) is 5.69 Å². The number of benzene rings is 1. The van der Waals surface area contributed by atoms with Gasteiger partial charge in [-0.25, -0.2) is 0 Å². The third-order valence-electron chi connectivity index (χ3n) is 4.51. The van der Waals surface area contributed by atoms with E-state index in [1.54, 1.807) is 11.8 Å². The molecule has 2 amide bonds. The van der Waals surface area contributed by atoms with Crippen LogP contribution < -0.4 is 10.2 Å². The molecule has 1 aromatic rings. The van der Waals surface area contributed by atoms with Crippen molar-refractivity contribution in [3.05, 3.63) is 29.3 Å². The van der Waals surface area contributed by atoms with Crippen LogP contribution in [0.2, 0.25) is 0 Å². The van der Waals surface area contributed by atoms with Crippen molar-refractivity contribution in [3.63, 3.8) is 0 Å². The Hall–Kier alpha value is -1.92. The fourth-order valence-electron chi connectivity index (χ4n) is 3.14. The molecule has 1 aliphatic heterocycles. The molecule has 1 saturated heterocycles. The Morgan fingerprint density at radius 1 is 1.20 bits per heavy atom. The predicted molar refractivity (Wildman–Crippen MR) is 98.8 cm³/mol. The first-order chi connectivity index (χ1) is 12.0. The monoisotopic (exact) mass is 347 g/mol. The van der Waals surface area contributed by atoms with Gasteiger partial charge in [0.25, 0.3) is 0 Å². The number of hydrogen-bond acceptors (Lipinski definition) is 4. The minimum Gasteiger partial charge on any atom is -0.379 e. The van der Waals surface area contributed by atoms with E-state index in [-0.39, 0.29) is 11.8 Å². The molecule has 1 fully saturated rings. The number of aryl methyl sites for hydroxylation is 2. The van der Waals surface area contributed by atoms with E-state index < -0.39 is 0 Å². The van der Waals surface area contributed by atoms with Crippen molar-refractivity contribution in [3.8, 4) is 0 Å². The van der Waals surface area contributed by atoms with E-state index in [9.17, 15) is 9.59 Å². The van der Waals surface area contributed by atoms with E-state index >= 15 is 0 Å². The fraction of sp³-hybridized carbons (Fsp3) is 0.579. The number of ether oxygens (including phenoxy) is 1. The quantitative estimate of drug-likeness (QED) is 0.812. The summed E-state index contributed by atoms with van der Waals surface area (Å²) in [5, 5.41) is 2.95. The zero-order valence-corrected chi connectivity index (χ0v) is 15.5. The number of hydrogen-bond donors (Lipinski definition) is 1. The van der Waals surface area contributed by atoms with Gasteiger partial charge >= 0.3 is 0 Å². The maximum atomic E-state index is 12.1. The Labute approximate surface area is 150 Å². The zero-order chi connectivity index (χ0) is 18.2. The smallest absolute Gasteiger partial charge is 0.223 e. The van der Waals surface area contributed by atoms with Crippen molar-refractivity contribution in [2.24, 2.45) is 0 Å². The molecular formula is C19H29N3O3. The van der Waals surface area contributed by atoms with E-state index in [4.69, 9.17) is 4.74 Å². The summed E-state index contributed by atoms with van der Waals surface area (Å²) >= 11 is 0. The number of carbonyl (C=O) groups excluding carboxylic acids is 2. The van der Waals surface area contributed by atoms with Gasteiger partial charge in [-0.2, -0.15) is 0 Å². The Kier molecular flexibility index (Phi) is 7.40. The summed E-state index contributed by atoms with van der Waals surface area (Å²) < 4.78 is 5.31. The van der Waals surface area contributed by atoms with Crippen LogP contribution in [-0.2, 0) is 14.3 Å². The molecule has 0 saturated carbocycles. The average molecular weight is 347 g/mol. The van der Waals surface area contributed by atoms with Gasteiger partial charge in [0.2, 0.25) is 11.8 Å². The highest BCUT2D eigenvalue weighted by atomic mass is 16.5. The number of nitrogens with one attached hydrogen (secondary N) is 1. The molecule has 0 spiro atoms. The first-order valence-electron chi connectivity index (χ1n) is 8.90. The fourth-order valence-corrected chi connectivity index (χ4v) is 3.14. The first kappa shape index (κ1) is 19.4. The zero-order valence-electron chi connectivity index (χ0n) is 15.5. The number of para-hydroxylation sites is 1. The summed E-state index contributed by atoms with van der Waals surface area (Å²) in [6, 6.07) is 5.95. The summed E-state index contributed by atoms with van der Waals surface area (Å²) in [7, 11) is 0. The van der Waals surface area contributed by atoms with E-state index in [0.29, 0.717) is 19.5 Å². The van der Waals surface area contributed by atoms with Crippen LogP contribution >= 0.6 is 0 Å². The highest BCUT2D eigenvalue weighted by molar-refractivity contribution is 5.94. The van der Waals surface area contributed by atoms with Crippen molar-refractivity contribution in [1.82, 2.24) is 10.2 Å². The van der Waals surface area contributed by atoms with Gasteiger partial charge in [0, 0.05) is 51.8 Å². The molecule has 0 aliphatic carbocycles. The molecule has 0 aromatic heterocycles. The summed E-state index contributed by atoms with van der Waals surface area (Å²) in [6.07, 6.45) is 0.302. The van der Waals surface area contributed by atoms with Crippen molar-refractivity contribution < 1.29 is 14.3 Å². The second kappa shape index (κ2) is 9.53. The molecule has 0 atom stereocenters. The summed E-state index contributed by atoms with van der Waals surface area (Å²) in [5.41, 5.74) is 3.00. The first-order valence-corrected chi connectivity index (χ1v) is 8.90. The maximum absolute atomic E-state index is 12.1. The average Bonchev–Trinajstić information content (AvgIpc) is 2.58. The molecule has 2 rings (SSSR count). The minimum absolute atomic E-state index is 0.0225. The number of carbonyl (C=O) groups is 2. The Bertz CT molecular complexity index is 577. The molecule has 0 radical (unpaired) electrons. The van der Waals surface area contributed by atoms with Crippen LogP contribution in [0, 0.1) is 13.8 Å². The standard InChI is InChI=1S/C19H29N3O3/c1-15-5-4-6-16(2)19(15)22(17(3)23)9-7-18(24)20-8-10-21-11-13-25-14-12-21/h4-6H,7-14H2,1-3H3,(H,20,24). The molecule has 6 nitrogen and oxygen atoms in total. The predicted octanol–water partition coefficient (Wildman–Crippen LogP) is 1.49. The Morgan fingerprint density at radius 3 is 2.44 bits per heavy atom. The molecule has 1 aliphatic rings. The van der Waals surface area contributed by atoms with Crippen LogP contribution in [0.5, 0.6) is 0 Å². The SMILES string of the molecule is CC(=O)N(CCC(=O)NCCN1CCOCC1)c1c(C)cccc1C. The third kappa shape index (κ3) is 5.83. The molecule has 6 heteroatoms. The molecule has 1 heterocycles. The van der Waals surface area contributed by atoms with Crippen LogP contribution in [-0.4, -0.2) is 62.7 Å². The maximum Gasteiger partial charge on any atom is 0.223 e. The third-order valence-corrected chi connectivity index (χ3v) is 4.51. The molecule has 0 unspecified atom stereocenters. The van der Waals surface area contributed by atoms with E-state index in [1.807, 2.05) is 32.0 Å². The lowest BCUT2D eigenvalue weighted by atomic mass is 10.1. The van der Waals surface area contributed by atoms with Crippen LogP contribution in [0.25, 0.3) is 0 Å². The van der Waals surface area contributed by atoms with Gasteiger partial charge in [-0.15, -0.1) is 0 Å². The summed E-state index contributed by atoms with van der Waals surface area (Å²) in [5.74, 6) is -0.0655. The van der Waals surface area contributed by atoms with Crippen LogP contribution in [0.3, 0.4) is 0 Å². The number of amides is 2. The van der Waals surface area contributed by atoms with E-state index in [1.165, 1.54) is 0 Å². The number of anilines is 1. The number of morpholine rings is 1.